The third-order valence-electron chi connectivity index (χ3n) is 5.79. The van der Waals surface area contributed by atoms with E-state index in [9.17, 15) is 4.79 Å². The Morgan fingerprint density at radius 1 is 1.22 bits per heavy atom. The monoisotopic (exact) mass is 437 g/mol. The molecule has 1 aliphatic heterocycles. The molecule has 0 radical (unpaired) electrons. The van der Waals surface area contributed by atoms with Gasteiger partial charge < -0.3 is 19.5 Å². The van der Waals surface area contributed by atoms with Crippen LogP contribution in [0.4, 0.5) is 5.82 Å². The summed E-state index contributed by atoms with van der Waals surface area (Å²) < 4.78 is 18.5. The summed E-state index contributed by atoms with van der Waals surface area (Å²) in [5, 5.41) is 8.69. The van der Waals surface area contributed by atoms with Gasteiger partial charge in [0.15, 0.2) is 5.82 Å². The van der Waals surface area contributed by atoms with Gasteiger partial charge in [-0.1, -0.05) is 0 Å². The van der Waals surface area contributed by atoms with Crippen LogP contribution >= 0.6 is 0 Å². The third-order valence-corrected chi connectivity index (χ3v) is 5.79. The minimum absolute atomic E-state index is 0.166. The van der Waals surface area contributed by atoms with E-state index in [1.807, 2.05) is 22.9 Å². The molecule has 9 heteroatoms. The topological polar surface area (TPSA) is 100 Å². The van der Waals surface area contributed by atoms with E-state index in [2.05, 4.69) is 10.3 Å². The summed E-state index contributed by atoms with van der Waals surface area (Å²) in [5.74, 6) is 2.39. The molecule has 2 aliphatic rings. The molecule has 0 unspecified atom stereocenters. The first-order valence-corrected chi connectivity index (χ1v) is 11.0. The second-order valence-electron chi connectivity index (χ2n) is 8.33. The summed E-state index contributed by atoms with van der Waals surface area (Å²) in [4.78, 5) is 20.9. The van der Waals surface area contributed by atoms with Gasteiger partial charge in [-0.05, 0) is 19.3 Å². The Labute approximate surface area is 186 Å². The van der Waals surface area contributed by atoms with Crippen LogP contribution in [0.3, 0.4) is 0 Å². The molecule has 0 aromatic carbocycles. The number of carbonyl (C=O) groups is 1. The molecule has 3 aromatic rings. The zero-order valence-corrected chi connectivity index (χ0v) is 18.3. The quantitative estimate of drug-likeness (QED) is 0.540. The standard InChI is InChI=1S/C23H27N5O4/c1-14(29)25-21-11-20-18(12-24-21)23(15-3-4-15)27-28(20)22-10-17(32-8-7-30-2)9-19(26-22)16-5-6-31-13-16/h9-12,15-16H,3-8,13H2,1-2H3,(H,24,25,29)/t16-/m1/s1. The molecule has 1 saturated heterocycles. The van der Waals surface area contributed by atoms with E-state index in [0.29, 0.717) is 37.4 Å². The van der Waals surface area contributed by atoms with Crippen molar-refractivity contribution in [1.29, 1.82) is 0 Å². The van der Waals surface area contributed by atoms with Gasteiger partial charge in [-0.25, -0.2) is 14.6 Å². The van der Waals surface area contributed by atoms with Crippen LogP contribution in [0.1, 0.15) is 49.4 Å². The summed E-state index contributed by atoms with van der Waals surface area (Å²) in [5.41, 5.74) is 2.82. The fraction of sp³-hybridized carbons (Fsp3) is 0.478. The van der Waals surface area contributed by atoms with Crippen molar-refractivity contribution in [3.8, 4) is 11.6 Å². The lowest BCUT2D eigenvalue weighted by Crippen LogP contribution is -2.10. The molecule has 0 spiro atoms. The fourth-order valence-electron chi connectivity index (χ4n) is 4.04. The Kier molecular flexibility index (Phi) is 5.75. The van der Waals surface area contributed by atoms with Crippen LogP contribution in [0.15, 0.2) is 24.4 Å². The summed E-state index contributed by atoms with van der Waals surface area (Å²) >= 11 is 0. The lowest BCUT2D eigenvalue weighted by atomic mass is 10.0. The number of amides is 1. The molecule has 1 atom stereocenters. The molecule has 0 bridgehead atoms. The molecular formula is C23H27N5O4. The molecule has 1 saturated carbocycles. The highest BCUT2D eigenvalue weighted by atomic mass is 16.5. The molecule has 5 rings (SSSR count). The van der Waals surface area contributed by atoms with Crippen molar-refractivity contribution in [2.45, 2.75) is 38.0 Å². The van der Waals surface area contributed by atoms with Crippen LogP contribution in [-0.2, 0) is 14.3 Å². The molecule has 2 fully saturated rings. The highest BCUT2D eigenvalue weighted by Gasteiger charge is 2.30. The highest BCUT2D eigenvalue weighted by molar-refractivity contribution is 5.91. The smallest absolute Gasteiger partial charge is 0.222 e. The lowest BCUT2D eigenvalue weighted by molar-refractivity contribution is -0.114. The van der Waals surface area contributed by atoms with E-state index < -0.39 is 0 Å². The Morgan fingerprint density at radius 2 is 2.09 bits per heavy atom. The average Bonchev–Trinajstić information content (AvgIpc) is 3.32. The van der Waals surface area contributed by atoms with E-state index in [1.54, 1.807) is 13.3 Å². The molecule has 168 valence electrons. The van der Waals surface area contributed by atoms with Crippen LogP contribution < -0.4 is 10.1 Å². The van der Waals surface area contributed by atoms with Crippen molar-refractivity contribution in [3.05, 3.63) is 35.8 Å². The van der Waals surface area contributed by atoms with Gasteiger partial charge >= 0.3 is 0 Å². The Balaban J connectivity index is 1.61. The minimum Gasteiger partial charge on any atom is -0.491 e. The molecule has 1 N–H and O–H groups in total. The van der Waals surface area contributed by atoms with Crippen molar-refractivity contribution in [3.63, 3.8) is 0 Å². The predicted octanol–water partition coefficient (Wildman–Crippen LogP) is 3.18. The van der Waals surface area contributed by atoms with E-state index in [4.69, 9.17) is 24.3 Å². The number of nitrogens with one attached hydrogen (secondary N) is 1. The SMILES string of the molecule is COCCOc1cc([C@@H]2CCOC2)nc(-n2nc(C3CC3)c3cnc(NC(C)=O)cc32)c1. The van der Waals surface area contributed by atoms with Crippen molar-refractivity contribution in [2.24, 2.45) is 0 Å². The average molecular weight is 438 g/mol. The number of hydrogen-bond acceptors (Lipinski definition) is 7. The minimum atomic E-state index is -0.166. The maximum Gasteiger partial charge on any atom is 0.222 e. The maximum atomic E-state index is 11.6. The van der Waals surface area contributed by atoms with Crippen molar-refractivity contribution in [1.82, 2.24) is 19.7 Å². The van der Waals surface area contributed by atoms with Gasteiger partial charge in [0.1, 0.15) is 18.2 Å². The lowest BCUT2D eigenvalue weighted by Gasteiger charge is -2.14. The van der Waals surface area contributed by atoms with Gasteiger partial charge in [-0.2, -0.15) is 5.10 Å². The highest BCUT2D eigenvalue weighted by Crippen LogP contribution is 2.43. The summed E-state index contributed by atoms with van der Waals surface area (Å²) in [6.07, 6.45) is 4.97. The second kappa shape index (κ2) is 8.84. The third kappa shape index (κ3) is 4.31. The first kappa shape index (κ1) is 20.8. The number of aromatic nitrogens is 4. The van der Waals surface area contributed by atoms with E-state index >= 15 is 0 Å². The second-order valence-corrected chi connectivity index (χ2v) is 8.33. The van der Waals surface area contributed by atoms with Gasteiger partial charge in [0.2, 0.25) is 5.91 Å². The number of fused-ring (bicyclic) bond motifs is 1. The first-order chi connectivity index (χ1) is 15.6. The van der Waals surface area contributed by atoms with E-state index in [1.165, 1.54) is 6.92 Å². The molecular weight excluding hydrogens is 410 g/mol. The molecule has 3 aromatic heterocycles. The van der Waals surface area contributed by atoms with Crippen molar-refractivity contribution >= 4 is 22.6 Å². The number of ether oxygens (including phenoxy) is 3. The van der Waals surface area contributed by atoms with Gasteiger partial charge in [-0.3, -0.25) is 4.79 Å². The van der Waals surface area contributed by atoms with Gasteiger partial charge in [0, 0.05) is 62.3 Å². The normalized spacial score (nSPS) is 18.2. The zero-order valence-electron chi connectivity index (χ0n) is 18.3. The molecule has 1 amide bonds. The number of rotatable bonds is 8. The van der Waals surface area contributed by atoms with E-state index in [-0.39, 0.29) is 11.8 Å². The number of pyridine rings is 2. The largest absolute Gasteiger partial charge is 0.491 e. The van der Waals surface area contributed by atoms with Crippen LogP contribution in [0.5, 0.6) is 5.75 Å². The van der Waals surface area contributed by atoms with Gasteiger partial charge in [0.05, 0.1) is 30.1 Å². The molecule has 1 aliphatic carbocycles. The van der Waals surface area contributed by atoms with Crippen molar-refractivity contribution < 1.29 is 19.0 Å². The number of carbonyl (C=O) groups excluding carboxylic acids is 1. The number of anilines is 1. The van der Waals surface area contributed by atoms with Gasteiger partial charge in [-0.15, -0.1) is 0 Å². The number of methoxy groups -OCH3 is 1. The summed E-state index contributed by atoms with van der Waals surface area (Å²) in [6.45, 7) is 3.81. The predicted molar refractivity (Wildman–Crippen MR) is 118 cm³/mol. The maximum absolute atomic E-state index is 11.6. The van der Waals surface area contributed by atoms with Gasteiger partial charge in [0.25, 0.3) is 0 Å². The first-order valence-electron chi connectivity index (χ1n) is 11.0. The summed E-state index contributed by atoms with van der Waals surface area (Å²) in [6, 6.07) is 5.74. The van der Waals surface area contributed by atoms with Crippen LogP contribution in [0, 0.1) is 0 Å². The van der Waals surface area contributed by atoms with Crippen LogP contribution in [-0.4, -0.2) is 59.2 Å². The zero-order chi connectivity index (χ0) is 22.1. The van der Waals surface area contributed by atoms with E-state index in [0.717, 1.165) is 53.9 Å². The molecule has 4 heterocycles. The molecule has 32 heavy (non-hydrogen) atoms. The summed E-state index contributed by atoms with van der Waals surface area (Å²) in [7, 11) is 1.65. The molecule has 9 nitrogen and oxygen atoms in total. The van der Waals surface area contributed by atoms with Crippen LogP contribution in [0.25, 0.3) is 16.7 Å². The Hall–Kier alpha value is -3.04. The number of hydrogen-bond donors (Lipinski definition) is 1. The Bertz CT molecular complexity index is 1130. The van der Waals surface area contributed by atoms with Crippen LogP contribution in [0.2, 0.25) is 0 Å². The Morgan fingerprint density at radius 3 is 2.81 bits per heavy atom. The number of nitrogens with zero attached hydrogens (tertiary/aromatic N) is 4. The van der Waals surface area contributed by atoms with Crippen molar-refractivity contribution in [2.75, 3.05) is 38.9 Å². The fourth-order valence-corrected chi connectivity index (χ4v) is 4.04.